The zero-order valence-corrected chi connectivity index (χ0v) is 16.1. The minimum atomic E-state index is -0.144. The molecular formula is C19H20N6O2S. The number of thiophene rings is 1. The van der Waals surface area contributed by atoms with Crippen LogP contribution in [0.25, 0.3) is 21.8 Å². The maximum absolute atomic E-state index is 12.1. The summed E-state index contributed by atoms with van der Waals surface area (Å²) in [6.07, 6.45) is 8.16. The Hall–Kier alpha value is -3.07. The van der Waals surface area contributed by atoms with E-state index >= 15 is 0 Å². The lowest BCUT2D eigenvalue weighted by molar-refractivity contribution is -0.133. The maximum atomic E-state index is 12.1. The van der Waals surface area contributed by atoms with Crippen LogP contribution in [0.5, 0.6) is 0 Å². The van der Waals surface area contributed by atoms with E-state index in [1.807, 2.05) is 22.2 Å². The van der Waals surface area contributed by atoms with Crippen LogP contribution >= 0.6 is 11.3 Å². The standard InChI is InChI=1S/C19H20N6O2S/c26-17(13-24-8-1-4-18(24)27)22-7-9-25-19(16-3-2-10-28-16)14(11-23-25)15-12-20-5-6-21-15/h2-3,5-6,10-12H,1,4,7-9,13H2,(H,22,26). The van der Waals surface area contributed by atoms with Gasteiger partial charge in [0, 0.05) is 37.5 Å². The number of likely N-dealkylation sites (tertiary alicyclic amines) is 1. The Morgan fingerprint density at radius 2 is 2.21 bits per heavy atom. The normalized spacial score (nSPS) is 13.9. The monoisotopic (exact) mass is 396 g/mol. The fourth-order valence-corrected chi connectivity index (χ4v) is 4.04. The topological polar surface area (TPSA) is 93.0 Å². The molecule has 4 rings (SSSR count). The third-order valence-corrected chi connectivity index (χ3v) is 5.46. The van der Waals surface area contributed by atoms with Gasteiger partial charge in [-0.15, -0.1) is 11.3 Å². The van der Waals surface area contributed by atoms with Crippen molar-refractivity contribution in [3.05, 3.63) is 42.3 Å². The van der Waals surface area contributed by atoms with E-state index in [1.54, 1.807) is 41.0 Å². The van der Waals surface area contributed by atoms with Crippen molar-refractivity contribution in [2.24, 2.45) is 0 Å². The summed E-state index contributed by atoms with van der Waals surface area (Å²) in [7, 11) is 0. The van der Waals surface area contributed by atoms with Gasteiger partial charge in [0.1, 0.15) is 0 Å². The number of amides is 2. The smallest absolute Gasteiger partial charge is 0.239 e. The van der Waals surface area contributed by atoms with Gasteiger partial charge in [0.25, 0.3) is 0 Å². The molecule has 4 heterocycles. The van der Waals surface area contributed by atoms with Crippen molar-refractivity contribution in [1.29, 1.82) is 0 Å². The van der Waals surface area contributed by atoms with E-state index in [4.69, 9.17) is 0 Å². The number of carbonyl (C=O) groups is 2. The molecule has 0 saturated carbocycles. The molecule has 0 spiro atoms. The van der Waals surface area contributed by atoms with E-state index in [1.165, 1.54) is 0 Å². The lowest BCUT2D eigenvalue weighted by Crippen LogP contribution is -2.39. The van der Waals surface area contributed by atoms with Crippen molar-refractivity contribution in [1.82, 2.24) is 30.0 Å². The summed E-state index contributed by atoms with van der Waals surface area (Å²) in [6, 6.07) is 4.03. The minimum Gasteiger partial charge on any atom is -0.353 e. The third kappa shape index (κ3) is 3.94. The fourth-order valence-electron chi connectivity index (χ4n) is 3.26. The van der Waals surface area contributed by atoms with Gasteiger partial charge in [0.2, 0.25) is 11.8 Å². The van der Waals surface area contributed by atoms with Crippen LogP contribution in [-0.2, 0) is 16.1 Å². The fraction of sp³-hybridized carbons (Fsp3) is 0.316. The molecule has 1 saturated heterocycles. The van der Waals surface area contributed by atoms with Crippen LogP contribution in [0.2, 0.25) is 0 Å². The van der Waals surface area contributed by atoms with E-state index < -0.39 is 0 Å². The van der Waals surface area contributed by atoms with Gasteiger partial charge in [-0.25, -0.2) is 0 Å². The first-order valence-corrected chi connectivity index (χ1v) is 10.0. The molecule has 0 atom stereocenters. The van der Waals surface area contributed by atoms with E-state index in [0.29, 0.717) is 26.1 Å². The average molecular weight is 396 g/mol. The van der Waals surface area contributed by atoms with E-state index in [9.17, 15) is 9.59 Å². The zero-order chi connectivity index (χ0) is 19.3. The Balaban J connectivity index is 1.45. The molecule has 0 radical (unpaired) electrons. The maximum Gasteiger partial charge on any atom is 0.239 e. The van der Waals surface area contributed by atoms with Crippen LogP contribution < -0.4 is 5.32 Å². The summed E-state index contributed by atoms with van der Waals surface area (Å²) in [4.78, 5) is 35.0. The van der Waals surface area contributed by atoms with Crippen LogP contribution in [0, 0.1) is 0 Å². The zero-order valence-electron chi connectivity index (χ0n) is 15.2. The van der Waals surface area contributed by atoms with Crippen LogP contribution in [0.15, 0.2) is 42.3 Å². The summed E-state index contributed by atoms with van der Waals surface area (Å²) < 4.78 is 1.87. The average Bonchev–Trinajstić information content (AvgIpc) is 3.44. The number of nitrogens with one attached hydrogen (secondary N) is 1. The van der Waals surface area contributed by atoms with Gasteiger partial charge in [0.05, 0.1) is 41.7 Å². The van der Waals surface area contributed by atoms with E-state index in [2.05, 4.69) is 20.4 Å². The second kappa shape index (κ2) is 8.30. The van der Waals surface area contributed by atoms with Gasteiger partial charge in [0.15, 0.2) is 0 Å². The number of rotatable bonds is 7. The number of hydrogen-bond donors (Lipinski definition) is 1. The lowest BCUT2D eigenvalue weighted by Gasteiger charge is -2.15. The Kier molecular flexibility index (Phi) is 5.43. The van der Waals surface area contributed by atoms with Crippen LogP contribution in [0.4, 0.5) is 0 Å². The van der Waals surface area contributed by atoms with Gasteiger partial charge in [-0.3, -0.25) is 24.2 Å². The SMILES string of the molecule is O=C(CN1CCCC1=O)NCCn1ncc(-c2cnccn2)c1-c1cccs1. The highest BCUT2D eigenvalue weighted by Gasteiger charge is 2.22. The molecular weight excluding hydrogens is 376 g/mol. The Labute approximate surface area is 166 Å². The largest absolute Gasteiger partial charge is 0.353 e. The second-order valence-electron chi connectivity index (χ2n) is 6.47. The van der Waals surface area contributed by atoms with Crippen molar-refractivity contribution >= 4 is 23.2 Å². The molecule has 9 heteroatoms. The summed E-state index contributed by atoms with van der Waals surface area (Å²) in [5.74, 6) is -0.0925. The molecule has 144 valence electrons. The predicted octanol–water partition coefficient (Wildman–Crippen LogP) is 1.81. The molecule has 2 amide bonds. The van der Waals surface area contributed by atoms with Crippen molar-refractivity contribution in [3.8, 4) is 21.8 Å². The van der Waals surface area contributed by atoms with Crippen molar-refractivity contribution in [2.45, 2.75) is 19.4 Å². The number of aromatic nitrogens is 4. The Bertz CT molecular complexity index is 954. The first kappa shape index (κ1) is 18.3. The second-order valence-corrected chi connectivity index (χ2v) is 7.41. The molecule has 28 heavy (non-hydrogen) atoms. The molecule has 1 aliphatic heterocycles. The van der Waals surface area contributed by atoms with Gasteiger partial charge < -0.3 is 10.2 Å². The number of carbonyl (C=O) groups excluding carboxylic acids is 2. The minimum absolute atomic E-state index is 0.0517. The molecule has 0 aliphatic carbocycles. The highest BCUT2D eigenvalue weighted by Crippen LogP contribution is 2.33. The summed E-state index contributed by atoms with van der Waals surface area (Å²) in [5.41, 5.74) is 2.62. The van der Waals surface area contributed by atoms with Gasteiger partial charge in [-0.1, -0.05) is 6.07 Å². The first-order chi connectivity index (χ1) is 13.7. The van der Waals surface area contributed by atoms with Gasteiger partial charge in [-0.2, -0.15) is 5.10 Å². The lowest BCUT2D eigenvalue weighted by atomic mass is 10.1. The molecule has 1 fully saturated rings. The van der Waals surface area contributed by atoms with Crippen LogP contribution in [-0.4, -0.2) is 56.1 Å². The molecule has 0 aromatic carbocycles. The molecule has 0 bridgehead atoms. The predicted molar refractivity (Wildman–Crippen MR) is 105 cm³/mol. The van der Waals surface area contributed by atoms with Crippen molar-refractivity contribution in [2.75, 3.05) is 19.6 Å². The molecule has 1 aliphatic rings. The van der Waals surface area contributed by atoms with E-state index in [-0.39, 0.29) is 18.4 Å². The molecule has 0 unspecified atom stereocenters. The summed E-state index contributed by atoms with van der Waals surface area (Å²) in [6.45, 7) is 1.74. The summed E-state index contributed by atoms with van der Waals surface area (Å²) >= 11 is 1.62. The first-order valence-electron chi connectivity index (χ1n) is 9.13. The Morgan fingerprint density at radius 1 is 1.29 bits per heavy atom. The third-order valence-electron chi connectivity index (χ3n) is 4.58. The number of nitrogens with zero attached hydrogens (tertiary/aromatic N) is 5. The molecule has 1 N–H and O–H groups in total. The van der Waals surface area contributed by atoms with Crippen LogP contribution in [0.3, 0.4) is 0 Å². The van der Waals surface area contributed by atoms with Crippen molar-refractivity contribution in [3.63, 3.8) is 0 Å². The summed E-state index contributed by atoms with van der Waals surface area (Å²) in [5, 5.41) is 9.40. The number of hydrogen-bond acceptors (Lipinski definition) is 6. The van der Waals surface area contributed by atoms with Gasteiger partial charge in [-0.05, 0) is 17.9 Å². The Morgan fingerprint density at radius 3 is 2.93 bits per heavy atom. The van der Waals surface area contributed by atoms with Gasteiger partial charge >= 0.3 is 0 Å². The van der Waals surface area contributed by atoms with E-state index in [0.717, 1.165) is 28.2 Å². The molecule has 8 nitrogen and oxygen atoms in total. The molecule has 3 aromatic rings. The van der Waals surface area contributed by atoms with Crippen LogP contribution in [0.1, 0.15) is 12.8 Å². The van der Waals surface area contributed by atoms with Crippen molar-refractivity contribution < 1.29 is 9.59 Å². The quantitative estimate of drug-likeness (QED) is 0.657. The highest BCUT2D eigenvalue weighted by atomic mass is 32.1. The molecule has 3 aromatic heterocycles. The highest BCUT2D eigenvalue weighted by molar-refractivity contribution is 7.13.